The molecule has 9 heteroatoms. The zero-order valence-electron chi connectivity index (χ0n) is 16.7. The second kappa shape index (κ2) is 8.45. The maximum Gasteiger partial charge on any atom is 0.320 e. The molecule has 3 aromatic rings. The number of thiophene rings is 1. The highest BCUT2D eigenvalue weighted by Crippen LogP contribution is 2.23. The number of urea groups is 1. The molecular weight excluding hydrogens is 400 g/mol. The fourth-order valence-electron chi connectivity index (χ4n) is 3.82. The Labute approximate surface area is 179 Å². The highest BCUT2D eigenvalue weighted by Gasteiger charge is 2.26. The van der Waals surface area contributed by atoms with E-state index in [2.05, 4.69) is 32.3 Å². The molecule has 2 aliphatic rings. The normalized spacial score (nSPS) is 17.4. The van der Waals surface area contributed by atoms with E-state index in [0.29, 0.717) is 32.3 Å². The second-order valence-corrected chi connectivity index (χ2v) is 8.34. The van der Waals surface area contributed by atoms with Gasteiger partial charge in [-0.25, -0.2) is 14.8 Å². The van der Waals surface area contributed by atoms with Gasteiger partial charge in [-0.15, -0.1) is 11.3 Å². The van der Waals surface area contributed by atoms with Crippen molar-refractivity contribution in [1.29, 1.82) is 0 Å². The lowest BCUT2D eigenvalue weighted by Gasteiger charge is -2.39. The van der Waals surface area contributed by atoms with Crippen molar-refractivity contribution < 1.29 is 9.53 Å². The number of nitrogens with zero attached hydrogens (tertiary/aromatic N) is 5. The Morgan fingerprint density at radius 3 is 2.47 bits per heavy atom. The van der Waals surface area contributed by atoms with E-state index in [-0.39, 0.29) is 6.03 Å². The van der Waals surface area contributed by atoms with Crippen LogP contribution in [0, 0.1) is 0 Å². The highest BCUT2D eigenvalue weighted by molar-refractivity contribution is 7.17. The number of carbonyl (C=O) groups excluding carboxylic acids is 1. The van der Waals surface area contributed by atoms with Gasteiger partial charge in [0.2, 0.25) is 5.95 Å². The van der Waals surface area contributed by atoms with Crippen molar-refractivity contribution in [3.05, 3.63) is 41.9 Å². The van der Waals surface area contributed by atoms with E-state index in [1.54, 1.807) is 11.3 Å². The smallest absolute Gasteiger partial charge is 0.320 e. The molecular formula is C21H24N6O2S. The summed E-state index contributed by atoms with van der Waals surface area (Å²) in [7, 11) is 0. The van der Waals surface area contributed by atoms with Crippen molar-refractivity contribution in [2.75, 3.05) is 62.7 Å². The summed E-state index contributed by atoms with van der Waals surface area (Å²) in [6.07, 6.45) is 1.85. The largest absolute Gasteiger partial charge is 0.378 e. The summed E-state index contributed by atoms with van der Waals surface area (Å²) >= 11 is 1.64. The third kappa shape index (κ3) is 4.03. The standard InChI is InChI=1S/C21H24N6O2S/c28-21(27-10-12-29-13-11-27)26-8-6-25(7-9-26)17-3-1-16(2-4-17)23-20-22-15-19-18(24-20)5-14-30-19/h1-5,14-15H,6-13H2,(H,22,23,24). The molecule has 5 rings (SSSR count). The van der Waals surface area contributed by atoms with Gasteiger partial charge in [-0.05, 0) is 35.7 Å². The number of benzene rings is 1. The van der Waals surface area contributed by atoms with Crippen LogP contribution in [0.15, 0.2) is 41.9 Å². The predicted molar refractivity (Wildman–Crippen MR) is 119 cm³/mol. The van der Waals surface area contributed by atoms with Crippen LogP contribution < -0.4 is 10.2 Å². The average molecular weight is 425 g/mol. The lowest BCUT2D eigenvalue weighted by molar-refractivity contribution is 0.0428. The molecule has 8 nitrogen and oxygen atoms in total. The fraction of sp³-hybridized carbons (Fsp3) is 0.381. The number of piperazine rings is 1. The van der Waals surface area contributed by atoms with E-state index in [9.17, 15) is 4.79 Å². The van der Waals surface area contributed by atoms with Crippen LogP contribution in [-0.2, 0) is 4.74 Å². The Bertz CT molecular complexity index is 1010. The Kier molecular flexibility index (Phi) is 5.37. The van der Waals surface area contributed by atoms with Crippen molar-refractivity contribution in [2.24, 2.45) is 0 Å². The summed E-state index contributed by atoms with van der Waals surface area (Å²) in [5, 5.41) is 5.29. The monoisotopic (exact) mass is 424 g/mol. The van der Waals surface area contributed by atoms with Crippen molar-refractivity contribution >= 4 is 44.9 Å². The summed E-state index contributed by atoms with van der Waals surface area (Å²) in [5.74, 6) is 0.601. The number of morpholine rings is 1. The van der Waals surface area contributed by atoms with Gasteiger partial charge in [0.15, 0.2) is 0 Å². The molecule has 0 spiro atoms. The third-order valence-electron chi connectivity index (χ3n) is 5.52. The number of ether oxygens (including phenoxy) is 1. The minimum absolute atomic E-state index is 0.139. The fourth-order valence-corrected chi connectivity index (χ4v) is 4.51. The minimum atomic E-state index is 0.139. The molecule has 0 saturated carbocycles. The molecule has 2 aliphatic heterocycles. The van der Waals surface area contributed by atoms with Crippen LogP contribution in [0.1, 0.15) is 0 Å². The van der Waals surface area contributed by atoms with Gasteiger partial charge in [0.05, 0.1) is 29.6 Å². The number of hydrogen-bond acceptors (Lipinski definition) is 7. The van der Waals surface area contributed by atoms with E-state index in [0.717, 1.165) is 47.8 Å². The molecule has 0 bridgehead atoms. The first-order valence-corrected chi connectivity index (χ1v) is 11.1. The van der Waals surface area contributed by atoms with Gasteiger partial charge >= 0.3 is 6.03 Å². The number of rotatable bonds is 3. The number of nitrogens with one attached hydrogen (secondary N) is 1. The summed E-state index contributed by atoms with van der Waals surface area (Å²) in [6.45, 7) is 5.81. The topological polar surface area (TPSA) is 73.8 Å². The van der Waals surface area contributed by atoms with Gasteiger partial charge < -0.3 is 24.8 Å². The van der Waals surface area contributed by atoms with Gasteiger partial charge in [0, 0.05) is 50.6 Å². The number of carbonyl (C=O) groups is 1. The number of anilines is 3. The molecule has 0 aliphatic carbocycles. The average Bonchev–Trinajstić information content (AvgIpc) is 3.28. The molecule has 2 fully saturated rings. The Balaban J connectivity index is 1.17. The Morgan fingerprint density at radius 1 is 0.967 bits per heavy atom. The summed E-state index contributed by atoms with van der Waals surface area (Å²) in [6, 6.07) is 10.4. The van der Waals surface area contributed by atoms with E-state index in [1.165, 1.54) is 0 Å². The SMILES string of the molecule is O=C(N1CCOCC1)N1CCN(c2ccc(Nc3ncc4sccc4n3)cc2)CC1. The molecule has 2 amide bonds. The van der Waals surface area contributed by atoms with Crippen molar-refractivity contribution in [1.82, 2.24) is 19.8 Å². The van der Waals surface area contributed by atoms with E-state index in [1.807, 2.05) is 39.6 Å². The van der Waals surface area contributed by atoms with Crippen LogP contribution in [-0.4, -0.2) is 78.3 Å². The van der Waals surface area contributed by atoms with Gasteiger partial charge in [-0.3, -0.25) is 0 Å². The van der Waals surface area contributed by atoms with Crippen LogP contribution >= 0.6 is 11.3 Å². The minimum Gasteiger partial charge on any atom is -0.378 e. The Hall–Kier alpha value is -2.91. The Morgan fingerprint density at radius 2 is 1.70 bits per heavy atom. The molecule has 0 unspecified atom stereocenters. The molecule has 156 valence electrons. The van der Waals surface area contributed by atoms with Crippen molar-refractivity contribution in [3.8, 4) is 0 Å². The van der Waals surface area contributed by atoms with Crippen molar-refractivity contribution in [2.45, 2.75) is 0 Å². The number of fused-ring (bicyclic) bond motifs is 1. The summed E-state index contributed by atoms with van der Waals surface area (Å²) in [4.78, 5) is 27.7. The van der Waals surface area contributed by atoms with Crippen molar-refractivity contribution in [3.63, 3.8) is 0 Å². The van der Waals surface area contributed by atoms with Gasteiger partial charge in [-0.1, -0.05) is 0 Å². The lowest BCUT2D eigenvalue weighted by atomic mass is 10.2. The number of hydrogen-bond donors (Lipinski definition) is 1. The van der Waals surface area contributed by atoms with E-state index < -0.39 is 0 Å². The summed E-state index contributed by atoms with van der Waals surface area (Å²) < 4.78 is 6.43. The zero-order chi connectivity index (χ0) is 20.3. The maximum absolute atomic E-state index is 12.6. The quantitative estimate of drug-likeness (QED) is 0.697. The highest BCUT2D eigenvalue weighted by atomic mass is 32.1. The van der Waals surface area contributed by atoms with Gasteiger partial charge in [-0.2, -0.15) is 0 Å². The first kappa shape index (κ1) is 19.1. The molecule has 30 heavy (non-hydrogen) atoms. The zero-order valence-corrected chi connectivity index (χ0v) is 17.5. The molecule has 4 heterocycles. The van der Waals surface area contributed by atoms with Crippen LogP contribution in [0.25, 0.3) is 10.2 Å². The third-order valence-corrected chi connectivity index (χ3v) is 6.36. The molecule has 2 aromatic heterocycles. The molecule has 0 atom stereocenters. The van der Waals surface area contributed by atoms with Gasteiger partial charge in [0.1, 0.15) is 0 Å². The second-order valence-electron chi connectivity index (χ2n) is 7.39. The van der Waals surface area contributed by atoms with Crippen LogP contribution in [0.4, 0.5) is 22.1 Å². The van der Waals surface area contributed by atoms with Crippen LogP contribution in [0.3, 0.4) is 0 Å². The summed E-state index contributed by atoms with van der Waals surface area (Å²) in [5.41, 5.74) is 3.07. The lowest BCUT2D eigenvalue weighted by Crippen LogP contribution is -2.54. The molecule has 1 aromatic carbocycles. The van der Waals surface area contributed by atoms with Crippen LogP contribution in [0.5, 0.6) is 0 Å². The molecule has 0 radical (unpaired) electrons. The maximum atomic E-state index is 12.6. The molecule has 1 N–H and O–H groups in total. The van der Waals surface area contributed by atoms with E-state index in [4.69, 9.17) is 4.74 Å². The number of amides is 2. The predicted octanol–water partition coefficient (Wildman–Crippen LogP) is 3.01. The van der Waals surface area contributed by atoms with E-state index >= 15 is 0 Å². The first-order chi connectivity index (χ1) is 14.8. The molecule has 2 saturated heterocycles. The number of aromatic nitrogens is 2. The van der Waals surface area contributed by atoms with Crippen LogP contribution in [0.2, 0.25) is 0 Å². The first-order valence-electron chi connectivity index (χ1n) is 10.2. The van der Waals surface area contributed by atoms with Gasteiger partial charge in [0.25, 0.3) is 0 Å².